The molecule has 1 aromatic carbocycles. The molecule has 16 nitrogen and oxygen atoms in total. The Bertz CT molecular complexity index is 1590. The highest BCUT2D eigenvalue weighted by Crippen LogP contribution is 2.55. The molecule has 3 aliphatic rings. The maximum absolute atomic E-state index is 14.0. The number of carbonyl (C=O) groups excluding carboxylic acids is 4. The van der Waals surface area contributed by atoms with Crippen LogP contribution in [0.4, 0.5) is 11.4 Å². The highest BCUT2D eigenvalue weighted by atomic mass is 35.5. The number of rotatable bonds is 7. The zero-order valence-corrected chi connectivity index (χ0v) is 25.6. The Morgan fingerprint density at radius 3 is 2.16 bits per heavy atom. The summed E-state index contributed by atoms with van der Waals surface area (Å²) in [6, 6.07) is -1.09. The molecule has 4 rings (SSSR count). The molecule has 4 atom stereocenters. The van der Waals surface area contributed by atoms with E-state index >= 15 is 0 Å². The first-order valence-electron chi connectivity index (χ1n) is 13.2. The standard InChI is InChI=1S/C26H31ClN4O8.H2O4S/c1-5-31(6-2)18-11-7-10-8-12-19(30(3)4)22(35)15(25(28)38)24(37)26(12,39)23(36)13(10)20(33)14(11)21(34)17(16(18)27)29-9-32;1-5(2,3)4/h9-10,12,19,34-36,39H,5-8H2,1-4H3,(H2,28,38)(H,29,32);(H2,1,2,3,4). The summed E-state index contributed by atoms with van der Waals surface area (Å²) in [4.78, 5) is 54.1. The van der Waals surface area contributed by atoms with Gasteiger partial charge in [-0.05, 0) is 52.3 Å². The number of aliphatic hydroxyl groups is 3. The molecule has 0 bridgehead atoms. The number of amides is 2. The lowest BCUT2D eigenvalue weighted by molar-refractivity contribution is -0.148. The van der Waals surface area contributed by atoms with Crippen LogP contribution in [0.2, 0.25) is 5.02 Å². The van der Waals surface area contributed by atoms with Gasteiger partial charge < -0.3 is 36.4 Å². The molecule has 2 amide bonds. The van der Waals surface area contributed by atoms with E-state index in [9.17, 15) is 39.6 Å². The maximum Gasteiger partial charge on any atom is 0.394 e. The molecule has 3 aliphatic carbocycles. The first kappa shape index (κ1) is 34.7. The number of fused-ring (bicyclic) bond motifs is 3. The Morgan fingerprint density at radius 2 is 1.70 bits per heavy atom. The number of likely N-dealkylation sites (N-methyl/N-ethyl adjacent to an activating group) is 1. The number of Topliss-reactive ketones (excluding diaryl/α,β-unsaturated/α-hetero) is 2. The fraction of sp³-hybridized carbons (Fsp3) is 0.462. The minimum atomic E-state index is -4.67. The molecule has 18 heteroatoms. The Balaban J connectivity index is 0.000000978. The van der Waals surface area contributed by atoms with E-state index in [1.165, 1.54) is 4.90 Å². The van der Waals surface area contributed by atoms with Crippen molar-refractivity contribution >= 4 is 57.3 Å². The third-order valence-electron chi connectivity index (χ3n) is 8.09. The molecular formula is C26H33ClN4O12S. The van der Waals surface area contributed by atoms with E-state index in [-0.39, 0.29) is 34.7 Å². The van der Waals surface area contributed by atoms with Crippen LogP contribution in [0.1, 0.15) is 36.2 Å². The number of allylic oxidation sites excluding steroid dienone is 1. The molecule has 0 heterocycles. The van der Waals surface area contributed by atoms with Gasteiger partial charge in [-0.25, -0.2) is 0 Å². The van der Waals surface area contributed by atoms with Crippen molar-refractivity contribution in [3.63, 3.8) is 0 Å². The van der Waals surface area contributed by atoms with Crippen molar-refractivity contribution in [2.75, 3.05) is 37.4 Å². The number of benzene rings is 1. The third kappa shape index (κ3) is 5.62. The third-order valence-corrected chi connectivity index (χ3v) is 8.45. The number of phenolic OH excluding ortho intramolecular Hbond substituents is 1. The van der Waals surface area contributed by atoms with E-state index in [1.807, 2.05) is 18.7 Å². The van der Waals surface area contributed by atoms with Crippen LogP contribution < -0.4 is 16.0 Å². The van der Waals surface area contributed by atoms with Crippen molar-refractivity contribution in [3.8, 4) is 5.75 Å². The fourth-order valence-corrected chi connectivity index (χ4v) is 6.77. The van der Waals surface area contributed by atoms with Gasteiger partial charge in [-0.1, -0.05) is 11.6 Å². The molecule has 0 aliphatic heterocycles. The number of hydrogen-bond acceptors (Lipinski definition) is 12. The van der Waals surface area contributed by atoms with Gasteiger partial charge in [0.15, 0.2) is 17.1 Å². The Hall–Kier alpha value is -3.74. The molecule has 242 valence electrons. The topological polar surface area (TPSA) is 268 Å². The van der Waals surface area contributed by atoms with Gasteiger partial charge in [0.05, 0.1) is 22.3 Å². The molecule has 44 heavy (non-hydrogen) atoms. The number of nitrogens with one attached hydrogen (secondary N) is 1. The van der Waals surface area contributed by atoms with Gasteiger partial charge in [0.25, 0.3) is 5.91 Å². The van der Waals surface area contributed by atoms with Gasteiger partial charge in [-0.2, -0.15) is 8.42 Å². The van der Waals surface area contributed by atoms with Crippen LogP contribution in [0.3, 0.4) is 0 Å². The van der Waals surface area contributed by atoms with Crippen LogP contribution >= 0.6 is 11.6 Å². The normalized spacial score (nSPS) is 24.6. The second-order valence-electron chi connectivity index (χ2n) is 10.6. The van der Waals surface area contributed by atoms with Gasteiger partial charge in [-0.3, -0.25) is 33.2 Å². The minimum Gasteiger partial charge on any atom is -0.510 e. The number of phenols is 1. The second-order valence-corrected chi connectivity index (χ2v) is 11.9. The second kappa shape index (κ2) is 12.3. The highest BCUT2D eigenvalue weighted by Gasteiger charge is 2.63. The van der Waals surface area contributed by atoms with Gasteiger partial charge in [0.2, 0.25) is 12.2 Å². The molecule has 1 aromatic rings. The van der Waals surface area contributed by atoms with Gasteiger partial charge in [0.1, 0.15) is 22.8 Å². The predicted octanol–water partition coefficient (Wildman–Crippen LogP) is 0.536. The number of nitrogens with two attached hydrogens (primary N) is 1. The van der Waals surface area contributed by atoms with Crippen LogP contribution in [-0.4, -0.2) is 106 Å². The Kier molecular flexibility index (Phi) is 9.74. The fourth-order valence-electron chi connectivity index (χ4n) is 6.39. The van der Waals surface area contributed by atoms with Crippen molar-refractivity contribution in [2.24, 2.45) is 17.6 Å². The first-order chi connectivity index (χ1) is 20.3. The summed E-state index contributed by atoms with van der Waals surface area (Å²) in [6.07, 6.45) is 0.331. The SMILES string of the molecule is CCN(CC)c1c(Cl)c(NC=O)c(O)c2c1CC1CC3C(N(C)C)C(O)=C(C(N)=O)C(=O)C3(O)C(O)=C1C2=O.O=S(=O)(O)O. The van der Waals surface area contributed by atoms with Gasteiger partial charge in [0, 0.05) is 24.6 Å². The van der Waals surface area contributed by atoms with E-state index in [1.54, 1.807) is 14.1 Å². The number of nitrogens with zero attached hydrogens (tertiary/aromatic N) is 2. The van der Waals surface area contributed by atoms with Crippen molar-refractivity contribution in [3.05, 3.63) is 38.8 Å². The summed E-state index contributed by atoms with van der Waals surface area (Å²) in [7, 11) is -1.55. The lowest BCUT2D eigenvalue weighted by atomic mass is 9.58. The summed E-state index contributed by atoms with van der Waals surface area (Å²) >= 11 is 6.65. The number of aliphatic hydroxyl groups excluding tert-OH is 2. The van der Waals surface area contributed by atoms with E-state index in [0.29, 0.717) is 30.8 Å². The number of carbonyl (C=O) groups is 4. The van der Waals surface area contributed by atoms with Gasteiger partial charge >= 0.3 is 10.4 Å². The van der Waals surface area contributed by atoms with E-state index in [0.717, 1.165) is 0 Å². The van der Waals surface area contributed by atoms with E-state index in [4.69, 9.17) is 34.9 Å². The smallest absolute Gasteiger partial charge is 0.394 e. The number of primary amides is 1. The Morgan fingerprint density at radius 1 is 1.16 bits per heavy atom. The van der Waals surface area contributed by atoms with Gasteiger partial charge in [-0.15, -0.1) is 0 Å². The van der Waals surface area contributed by atoms with E-state index in [2.05, 4.69) is 5.32 Å². The summed E-state index contributed by atoms with van der Waals surface area (Å²) in [5, 5.41) is 47.4. The van der Waals surface area contributed by atoms with Crippen LogP contribution in [0.5, 0.6) is 5.75 Å². The van der Waals surface area contributed by atoms with Crippen molar-refractivity contribution in [1.82, 2.24) is 4.90 Å². The Labute approximate surface area is 257 Å². The molecule has 0 spiro atoms. The van der Waals surface area contributed by atoms with Crippen LogP contribution in [0.15, 0.2) is 22.7 Å². The monoisotopic (exact) mass is 660 g/mol. The number of hydrogen-bond donors (Lipinski definition) is 8. The zero-order chi connectivity index (χ0) is 33.6. The molecule has 0 fully saturated rings. The first-order valence-corrected chi connectivity index (χ1v) is 14.9. The predicted molar refractivity (Wildman–Crippen MR) is 156 cm³/mol. The average Bonchev–Trinajstić information content (AvgIpc) is 2.89. The molecule has 9 N–H and O–H groups in total. The highest BCUT2D eigenvalue weighted by molar-refractivity contribution is 7.79. The molecule has 4 unspecified atom stereocenters. The largest absolute Gasteiger partial charge is 0.510 e. The molecule has 0 aromatic heterocycles. The number of halogens is 1. The summed E-state index contributed by atoms with van der Waals surface area (Å²) in [5.41, 5.74) is 1.83. The lowest BCUT2D eigenvalue weighted by Crippen LogP contribution is -2.63. The molecular weight excluding hydrogens is 628 g/mol. The lowest BCUT2D eigenvalue weighted by Gasteiger charge is -2.50. The quantitative estimate of drug-likeness (QED) is 0.0858. The summed E-state index contributed by atoms with van der Waals surface area (Å²) in [5.74, 6) is -7.58. The number of ketones is 2. The van der Waals surface area contributed by atoms with E-state index < -0.39 is 74.2 Å². The maximum atomic E-state index is 14.0. The minimum absolute atomic E-state index is 0.0319. The molecule has 0 saturated heterocycles. The van der Waals surface area contributed by atoms with Crippen LogP contribution in [0, 0.1) is 11.8 Å². The number of aromatic hydroxyl groups is 1. The summed E-state index contributed by atoms with van der Waals surface area (Å²) in [6.45, 7) is 4.70. The average molecular weight is 661 g/mol. The molecule has 0 radical (unpaired) electrons. The number of anilines is 2. The van der Waals surface area contributed by atoms with Crippen LogP contribution in [0.25, 0.3) is 0 Å². The zero-order valence-electron chi connectivity index (χ0n) is 24.0. The summed E-state index contributed by atoms with van der Waals surface area (Å²) < 4.78 is 31.6. The van der Waals surface area contributed by atoms with Crippen molar-refractivity contribution in [2.45, 2.75) is 38.3 Å². The van der Waals surface area contributed by atoms with Crippen molar-refractivity contribution < 1.29 is 57.1 Å². The molecule has 0 saturated carbocycles. The van der Waals surface area contributed by atoms with Crippen LogP contribution in [-0.2, 0) is 31.2 Å². The van der Waals surface area contributed by atoms with Crippen molar-refractivity contribution in [1.29, 1.82) is 0 Å².